The lowest BCUT2D eigenvalue weighted by molar-refractivity contribution is 0.0695. The number of hydrogen-bond donors (Lipinski definition) is 1. The van der Waals surface area contributed by atoms with E-state index < -0.39 is 17.2 Å². The van der Waals surface area contributed by atoms with Crippen LogP contribution in [0.25, 0.3) is 22.0 Å². The van der Waals surface area contributed by atoms with Gasteiger partial charge in [0.05, 0.1) is 5.52 Å². The summed E-state index contributed by atoms with van der Waals surface area (Å²) >= 11 is 0. The molecule has 2 aromatic carbocycles. The molecule has 0 atom stereocenters. The van der Waals surface area contributed by atoms with Crippen molar-refractivity contribution in [3.63, 3.8) is 0 Å². The van der Waals surface area contributed by atoms with Gasteiger partial charge in [-0.1, -0.05) is 12.1 Å². The highest BCUT2D eigenvalue weighted by Gasteiger charge is 2.22. The second kappa shape index (κ2) is 6.56. The van der Waals surface area contributed by atoms with Crippen LogP contribution in [0.15, 0.2) is 35.3 Å². The number of carbonyl (C=O) groups is 1. The van der Waals surface area contributed by atoms with Crippen molar-refractivity contribution >= 4 is 16.9 Å². The molecule has 3 aromatic rings. The lowest BCUT2D eigenvalue weighted by atomic mass is 9.94. The van der Waals surface area contributed by atoms with Crippen LogP contribution in [0.4, 0.5) is 4.39 Å². The number of pyridine rings is 1. The van der Waals surface area contributed by atoms with E-state index in [0.29, 0.717) is 23.2 Å². The first-order chi connectivity index (χ1) is 13.3. The molecule has 28 heavy (non-hydrogen) atoms. The van der Waals surface area contributed by atoms with E-state index >= 15 is 4.39 Å². The van der Waals surface area contributed by atoms with Gasteiger partial charge >= 0.3 is 5.97 Å². The summed E-state index contributed by atoms with van der Waals surface area (Å²) in [5.41, 5.74) is 3.84. The lowest BCUT2D eigenvalue weighted by Gasteiger charge is -2.17. The van der Waals surface area contributed by atoms with Crippen molar-refractivity contribution in [3.05, 3.63) is 68.8 Å². The molecular weight excluding hydrogens is 359 g/mol. The van der Waals surface area contributed by atoms with Gasteiger partial charge in [-0.05, 0) is 55.3 Å². The molecule has 0 amide bonds. The van der Waals surface area contributed by atoms with Crippen LogP contribution in [0.2, 0.25) is 0 Å². The summed E-state index contributed by atoms with van der Waals surface area (Å²) in [6.45, 7) is 5.81. The molecular formula is C22H21FN2O3. The van der Waals surface area contributed by atoms with Crippen molar-refractivity contribution in [2.45, 2.75) is 33.5 Å². The molecule has 1 aliphatic heterocycles. The number of benzene rings is 2. The van der Waals surface area contributed by atoms with Gasteiger partial charge in [0.1, 0.15) is 11.4 Å². The zero-order chi connectivity index (χ0) is 20.2. The standard InChI is InChI=1S/C22H21FN2O3/c1-4-25-11-17(22(27)28)21(26)16-8-18(23)19(12(2)20(16)25)13-5-6-14-9-24(3)10-15(14)7-13/h5-8,11H,4,9-10H2,1-3H3,(H,27,28). The Morgan fingerprint density at radius 1 is 1.21 bits per heavy atom. The summed E-state index contributed by atoms with van der Waals surface area (Å²) in [6, 6.07) is 7.13. The summed E-state index contributed by atoms with van der Waals surface area (Å²) in [6.07, 6.45) is 1.35. The van der Waals surface area contributed by atoms with E-state index in [4.69, 9.17) is 0 Å². The highest BCUT2D eigenvalue weighted by atomic mass is 19.1. The molecule has 0 fully saturated rings. The van der Waals surface area contributed by atoms with Crippen LogP contribution in [0.1, 0.15) is 34.0 Å². The van der Waals surface area contributed by atoms with Gasteiger partial charge in [-0.2, -0.15) is 0 Å². The van der Waals surface area contributed by atoms with Gasteiger partial charge in [-0.25, -0.2) is 9.18 Å². The van der Waals surface area contributed by atoms with Gasteiger partial charge in [0.2, 0.25) is 5.43 Å². The van der Waals surface area contributed by atoms with Crippen LogP contribution in [-0.2, 0) is 19.6 Å². The monoisotopic (exact) mass is 380 g/mol. The van der Waals surface area contributed by atoms with E-state index in [1.54, 1.807) is 11.5 Å². The maximum absolute atomic E-state index is 15.1. The van der Waals surface area contributed by atoms with Crippen LogP contribution in [0, 0.1) is 12.7 Å². The minimum atomic E-state index is -1.31. The molecule has 0 unspecified atom stereocenters. The Labute approximate surface area is 161 Å². The Hall–Kier alpha value is -2.99. The van der Waals surface area contributed by atoms with Crippen LogP contribution in [-0.4, -0.2) is 27.6 Å². The number of halogens is 1. The lowest BCUT2D eigenvalue weighted by Crippen LogP contribution is -2.19. The zero-order valence-corrected chi connectivity index (χ0v) is 16.0. The minimum Gasteiger partial charge on any atom is -0.477 e. The number of aromatic carboxylic acids is 1. The average molecular weight is 380 g/mol. The van der Waals surface area contributed by atoms with E-state index in [9.17, 15) is 14.7 Å². The molecule has 0 radical (unpaired) electrons. The highest BCUT2D eigenvalue weighted by Crippen LogP contribution is 2.34. The number of aryl methyl sites for hydroxylation is 2. The molecule has 144 valence electrons. The van der Waals surface area contributed by atoms with E-state index in [2.05, 4.69) is 4.90 Å². The molecule has 1 aliphatic rings. The summed E-state index contributed by atoms with van der Waals surface area (Å²) in [7, 11) is 2.04. The van der Waals surface area contributed by atoms with Crippen molar-refractivity contribution < 1.29 is 14.3 Å². The first kappa shape index (κ1) is 18.4. The minimum absolute atomic E-state index is 0.0985. The van der Waals surface area contributed by atoms with Crippen molar-refractivity contribution in [2.75, 3.05) is 7.05 Å². The molecule has 1 N–H and O–H groups in total. The van der Waals surface area contributed by atoms with Crippen LogP contribution >= 0.6 is 0 Å². The smallest absolute Gasteiger partial charge is 0.341 e. The Bertz CT molecular complexity index is 1200. The van der Waals surface area contributed by atoms with Gasteiger partial charge < -0.3 is 9.67 Å². The van der Waals surface area contributed by atoms with E-state index in [1.165, 1.54) is 23.4 Å². The van der Waals surface area contributed by atoms with E-state index in [0.717, 1.165) is 18.7 Å². The largest absolute Gasteiger partial charge is 0.477 e. The van der Waals surface area contributed by atoms with Crippen LogP contribution in [0.5, 0.6) is 0 Å². The van der Waals surface area contributed by atoms with Crippen LogP contribution in [0.3, 0.4) is 0 Å². The summed E-state index contributed by atoms with van der Waals surface area (Å²) in [4.78, 5) is 26.2. The van der Waals surface area contributed by atoms with Gasteiger partial charge in [0.15, 0.2) is 0 Å². The SMILES string of the molecule is CCn1cc(C(=O)O)c(=O)c2cc(F)c(-c3ccc4c(c3)CN(C)C4)c(C)c21. The fourth-order valence-corrected chi connectivity index (χ4v) is 4.21. The molecule has 0 spiro atoms. The Balaban J connectivity index is 2.02. The number of carboxylic acid groups (broad SMARTS) is 1. The number of carboxylic acids is 1. The third-order valence-electron chi connectivity index (χ3n) is 5.50. The third-order valence-corrected chi connectivity index (χ3v) is 5.50. The maximum atomic E-state index is 15.1. The Morgan fingerprint density at radius 2 is 1.93 bits per heavy atom. The number of hydrogen-bond acceptors (Lipinski definition) is 3. The first-order valence-electron chi connectivity index (χ1n) is 9.22. The summed E-state index contributed by atoms with van der Waals surface area (Å²) in [5.74, 6) is -1.82. The number of nitrogens with zero attached hydrogens (tertiary/aromatic N) is 2. The Kier molecular flexibility index (Phi) is 4.31. The van der Waals surface area contributed by atoms with E-state index in [1.807, 2.05) is 32.2 Å². The van der Waals surface area contributed by atoms with Gasteiger partial charge in [-0.15, -0.1) is 0 Å². The normalized spacial score (nSPS) is 13.9. The van der Waals surface area contributed by atoms with Gasteiger partial charge in [0, 0.05) is 36.8 Å². The molecule has 4 rings (SSSR count). The van der Waals surface area contributed by atoms with Crippen molar-refractivity contribution in [3.8, 4) is 11.1 Å². The third kappa shape index (κ3) is 2.72. The average Bonchev–Trinajstić information content (AvgIpc) is 3.01. The van der Waals surface area contributed by atoms with Gasteiger partial charge in [0.25, 0.3) is 0 Å². The van der Waals surface area contributed by atoms with Crippen molar-refractivity contribution in [1.29, 1.82) is 0 Å². The zero-order valence-electron chi connectivity index (χ0n) is 16.0. The van der Waals surface area contributed by atoms with Gasteiger partial charge in [-0.3, -0.25) is 9.69 Å². The molecule has 2 heterocycles. The fourth-order valence-electron chi connectivity index (χ4n) is 4.21. The second-order valence-corrected chi connectivity index (χ2v) is 7.37. The molecule has 5 nitrogen and oxygen atoms in total. The maximum Gasteiger partial charge on any atom is 0.341 e. The van der Waals surface area contributed by atoms with E-state index in [-0.39, 0.29) is 10.9 Å². The predicted octanol–water partition coefficient (Wildman–Crippen LogP) is 3.78. The van der Waals surface area contributed by atoms with Crippen molar-refractivity contribution in [2.24, 2.45) is 0 Å². The molecule has 0 saturated carbocycles. The Morgan fingerprint density at radius 3 is 2.61 bits per heavy atom. The topological polar surface area (TPSA) is 62.5 Å². The number of fused-ring (bicyclic) bond motifs is 2. The summed E-state index contributed by atoms with van der Waals surface area (Å²) < 4.78 is 16.8. The molecule has 1 aromatic heterocycles. The van der Waals surface area contributed by atoms with Crippen molar-refractivity contribution in [1.82, 2.24) is 9.47 Å². The number of rotatable bonds is 3. The molecule has 0 bridgehead atoms. The quantitative estimate of drug-likeness (QED) is 0.751. The molecule has 0 aliphatic carbocycles. The predicted molar refractivity (Wildman–Crippen MR) is 106 cm³/mol. The highest BCUT2D eigenvalue weighted by molar-refractivity contribution is 5.95. The fraction of sp³-hybridized carbons (Fsp3) is 0.273. The second-order valence-electron chi connectivity index (χ2n) is 7.37. The summed E-state index contributed by atoms with van der Waals surface area (Å²) in [5, 5.41) is 9.41. The molecule has 0 saturated heterocycles. The molecule has 6 heteroatoms. The first-order valence-corrected chi connectivity index (χ1v) is 9.22. The number of aromatic nitrogens is 1. The van der Waals surface area contributed by atoms with Crippen LogP contribution < -0.4 is 5.43 Å².